The van der Waals surface area contributed by atoms with Crippen LogP contribution in [0.25, 0.3) is 0 Å². The van der Waals surface area contributed by atoms with E-state index in [1.807, 2.05) is 12.1 Å². The lowest BCUT2D eigenvalue weighted by Crippen LogP contribution is -2.24. The number of likely N-dealkylation sites (tertiary alicyclic amines) is 1. The summed E-state index contributed by atoms with van der Waals surface area (Å²) in [5.41, 5.74) is 1.09. The highest BCUT2D eigenvalue weighted by molar-refractivity contribution is 5.79. The molecular formula is C12H12N2O. The van der Waals surface area contributed by atoms with Crippen LogP contribution in [0.15, 0.2) is 24.5 Å². The van der Waals surface area contributed by atoms with Crippen LogP contribution in [-0.2, 0) is 11.3 Å². The van der Waals surface area contributed by atoms with Crippen molar-refractivity contribution < 1.29 is 4.79 Å². The van der Waals surface area contributed by atoms with Crippen LogP contribution in [0.4, 0.5) is 0 Å². The summed E-state index contributed by atoms with van der Waals surface area (Å²) in [5.74, 6) is 2.87. The minimum absolute atomic E-state index is 0.0827. The number of terminal acetylenes is 1. The van der Waals surface area contributed by atoms with Gasteiger partial charge in [0, 0.05) is 37.8 Å². The Hall–Kier alpha value is -1.82. The Labute approximate surface area is 89.1 Å². The van der Waals surface area contributed by atoms with E-state index >= 15 is 0 Å². The van der Waals surface area contributed by atoms with Crippen molar-refractivity contribution in [3.05, 3.63) is 30.1 Å². The summed E-state index contributed by atoms with van der Waals surface area (Å²) in [6, 6.07) is 3.83. The van der Waals surface area contributed by atoms with E-state index in [0.29, 0.717) is 19.5 Å². The molecule has 0 radical (unpaired) electrons. The molecule has 1 amide bonds. The van der Waals surface area contributed by atoms with E-state index in [1.165, 1.54) is 0 Å². The van der Waals surface area contributed by atoms with Gasteiger partial charge in [-0.05, 0) is 17.7 Å². The van der Waals surface area contributed by atoms with Crippen molar-refractivity contribution in [3.63, 3.8) is 0 Å². The summed E-state index contributed by atoms with van der Waals surface area (Å²) in [5, 5.41) is 0. The number of hydrogen-bond donors (Lipinski definition) is 0. The van der Waals surface area contributed by atoms with Crippen molar-refractivity contribution in [1.82, 2.24) is 9.88 Å². The van der Waals surface area contributed by atoms with Crippen LogP contribution in [-0.4, -0.2) is 22.3 Å². The molecule has 1 unspecified atom stereocenters. The Bertz CT molecular complexity index is 394. The number of carbonyl (C=O) groups is 1. The molecule has 2 heterocycles. The smallest absolute Gasteiger partial charge is 0.224 e. The molecule has 3 nitrogen and oxygen atoms in total. The van der Waals surface area contributed by atoms with Gasteiger partial charge in [-0.2, -0.15) is 0 Å². The molecule has 0 N–H and O–H groups in total. The zero-order chi connectivity index (χ0) is 10.7. The summed E-state index contributed by atoms with van der Waals surface area (Å²) in [7, 11) is 0. The number of carbonyl (C=O) groups excluding carboxylic acids is 1. The summed E-state index contributed by atoms with van der Waals surface area (Å²) in [4.78, 5) is 17.3. The van der Waals surface area contributed by atoms with Crippen molar-refractivity contribution >= 4 is 5.91 Å². The van der Waals surface area contributed by atoms with Gasteiger partial charge in [0.15, 0.2) is 0 Å². The maximum Gasteiger partial charge on any atom is 0.224 e. The first-order valence-electron chi connectivity index (χ1n) is 4.92. The second-order valence-electron chi connectivity index (χ2n) is 3.70. The molecule has 1 fully saturated rings. The van der Waals surface area contributed by atoms with Crippen LogP contribution in [0, 0.1) is 18.3 Å². The highest BCUT2D eigenvalue weighted by atomic mass is 16.2. The first-order valence-corrected chi connectivity index (χ1v) is 4.92. The van der Waals surface area contributed by atoms with Gasteiger partial charge in [-0.25, -0.2) is 0 Å². The van der Waals surface area contributed by atoms with Gasteiger partial charge in [-0.3, -0.25) is 9.78 Å². The van der Waals surface area contributed by atoms with Crippen molar-refractivity contribution in [2.45, 2.75) is 13.0 Å². The van der Waals surface area contributed by atoms with Crippen LogP contribution in [0.2, 0.25) is 0 Å². The Balaban J connectivity index is 2.02. The zero-order valence-corrected chi connectivity index (χ0v) is 8.39. The van der Waals surface area contributed by atoms with Crippen LogP contribution >= 0.6 is 0 Å². The van der Waals surface area contributed by atoms with Crippen LogP contribution < -0.4 is 0 Å². The third-order valence-electron chi connectivity index (χ3n) is 2.57. The molecule has 0 bridgehead atoms. The Kier molecular flexibility index (Phi) is 2.68. The van der Waals surface area contributed by atoms with Gasteiger partial charge in [0.25, 0.3) is 0 Å². The summed E-state index contributed by atoms with van der Waals surface area (Å²) in [6.07, 6.45) is 9.26. The normalized spacial score (nSPS) is 20.3. The molecule has 1 aliphatic heterocycles. The SMILES string of the molecule is C#CC1CC(=O)N(Cc2ccncc2)C1. The highest BCUT2D eigenvalue weighted by Crippen LogP contribution is 2.18. The van der Waals surface area contributed by atoms with Crippen molar-refractivity contribution in [1.29, 1.82) is 0 Å². The largest absolute Gasteiger partial charge is 0.337 e. The molecule has 0 saturated carbocycles. The zero-order valence-electron chi connectivity index (χ0n) is 8.39. The molecule has 1 aromatic rings. The molecule has 76 valence electrons. The molecular weight excluding hydrogens is 188 g/mol. The second kappa shape index (κ2) is 4.14. The molecule has 1 aromatic heterocycles. The van der Waals surface area contributed by atoms with E-state index < -0.39 is 0 Å². The Morgan fingerprint density at radius 1 is 1.53 bits per heavy atom. The van der Waals surface area contributed by atoms with Crippen molar-refractivity contribution in [3.8, 4) is 12.3 Å². The predicted molar refractivity (Wildman–Crippen MR) is 56.6 cm³/mol. The highest BCUT2D eigenvalue weighted by Gasteiger charge is 2.27. The number of pyridine rings is 1. The molecule has 15 heavy (non-hydrogen) atoms. The summed E-state index contributed by atoms with van der Waals surface area (Å²) < 4.78 is 0. The molecule has 1 aliphatic rings. The van der Waals surface area contributed by atoms with Gasteiger partial charge in [-0.15, -0.1) is 12.3 Å². The molecule has 0 spiro atoms. The van der Waals surface area contributed by atoms with E-state index in [1.54, 1.807) is 17.3 Å². The number of amides is 1. The lowest BCUT2D eigenvalue weighted by Gasteiger charge is -2.15. The first kappa shape index (κ1) is 9.72. The van der Waals surface area contributed by atoms with Gasteiger partial charge in [0.1, 0.15) is 0 Å². The number of hydrogen-bond acceptors (Lipinski definition) is 2. The second-order valence-corrected chi connectivity index (χ2v) is 3.70. The Morgan fingerprint density at radius 2 is 2.27 bits per heavy atom. The molecule has 1 atom stereocenters. The third kappa shape index (κ3) is 2.16. The predicted octanol–water partition coefficient (Wildman–Crippen LogP) is 1.06. The minimum Gasteiger partial charge on any atom is -0.337 e. The quantitative estimate of drug-likeness (QED) is 0.669. The van der Waals surface area contributed by atoms with Gasteiger partial charge in [0.05, 0.1) is 0 Å². The fraction of sp³-hybridized carbons (Fsp3) is 0.333. The fourth-order valence-electron chi connectivity index (χ4n) is 1.75. The summed E-state index contributed by atoms with van der Waals surface area (Å²) >= 11 is 0. The Morgan fingerprint density at radius 3 is 2.87 bits per heavy atom. The lowest BCUT2D eigenvalue weighted by atomic mass is 10.1. The van der Waals surface area contributed by atoms with E-state index in [0.717, 1.165) is 5.56 Å². The maximum atomic E-state index is 11.6. The van der Waals surface area contributed by atoms with Crippen molar-refractivity contribution in [2.24, 2.45) is 5.92 Å². The monoisotopic (exact) mass is 200 g/mol. The number of aromatic nitrogens is 1. The molecule has 3 heteroatoms. The molecule has 0 aromatic carbocycles. The van der Waals surface area contributed by atoms with Gasteiger partial charge in [0.2, 0.25) is 5.91 Å². The molecule has 2 rings (SSSR count). The van der Waals surface area contributed by atoms with E-state index in [4.69, 9.17) is 6.42 Å². The average Bonchev–Trinajstić information content (AvgIpc) is 2.61. The third-order valence-corrected chi connectivity index (χ3v) is 2.57. The minimum atomic E-state index is 0.0827. The first-order chi connectivity index (χ1) is 7.29. The van der Waals surface area contributed by atoms with Crippen molar-refractivity contribution in [2.75, 3.05) is 6.54 Å². The average molecular weight is 200 g/mol. The fourth-order valence-corrected chi connectivity index (χ4v) is 1.75. The topological polar surface area (TPSA) is 33.2 Å². The van der Waals surface area contributed by atoms with Gasteiger partial charge >= 0.3 is 0 Å². The summed E-state index contributed by atoms with van der Waals surface area (Å²) in [6.45, 7) is 1.32. The van der Waals surface area contributed by atoms with Crippen LogP contribution in [0.3, 0.4) is 0 Å². The number of nitrogens with zero attached hydrogens (tertiary/aromatic N) is 2. The van der Waals surface area contributed by atoms with Crippen LogP contribution in [0.1, 0.15) is 12.0 Å². The van der Waals surface area contributed by atoms with E-state index in [-0.39, 0.29) is 11.8 Å². The van der Waals surface area contributed by atoms with Gasteiger partial charge in [-0.1, -0.05) is 0 Å². The lowest BCUT2D eigenvalue weighted by molar-refractivity contribution is -0.128. The molecule has 1 saturated heterocycles. The van der Waals surface area contributed by atoms with Gasteiger partial charge < -0.3 is 4.90 Å². The van der Waals surface area contributed by atoms with E-state index in [9.17, 15) is 4.79 Å². The van der Waals surface area contributed by atoms with Crippen LogP contribution in [0.5, 0.6) is 0 Å². The maximum absolute atomic E-state index is 11.6. The standard InChI is InChI=1S/C12H12N2O/c1-2-10-7-12(15)14(8-10)9-11-3-5-13-6-4-11/h1,3-6,10H,7-9H2. The molecule has 0 aliphatic carbocycles. The number of rotatable bonds is 2. The van der Waals surface area contributed by atoms with E-state index in [2.05, 4.69) is 10.9 Å².